The first kappa shape index (κ1) is 11.9. The number of rotatable bonds is 0. The Morgan fingerprint density at radius 2 is 2.22 bits per heavy atom. The van der Waals surface area contributed by atoms with Gasteiger partial charge in [0.1, 0.15) is 0 Å². The molecule has 44 valence electrons. The summed E-state index contributed by atoms with van der Waals surface area (Å²) in [5, 5.41) is 0. The van der Waals surface area contributed by atoms with Crippen LogP contribution in [0.3, 0.4) is 0 Å². The van der Waals surface area contributed by atoms with Crippen LogP contribution in [0.2, 0.25) is 0 Å². The predicted molar refractivity (Wildman–Crippen MR) is 23.0 cm³/mol. The SMILES string of the molecule is Fc1[c-]ccnc1.[Br-].[Zn+2]. The molecule has 0 aliphatic rings. The van der Waals surface area contributed by atoms with Crippen LogP contribution >= 0.6 is 0 Å². The maximum absolute atomic E-state index is 11.8. The number of pyridine rings is 1. The maximum Gasteiger partial charge on any atom is 2.00 e. The van der Waals surface area contributed by atoms with Gasteiger partial charge in [-0.15, -0.1) is 6.07 Å². The Kier molecular flexibility index (Phi) is 8.35. The minimum atomic E-state index is -0.414. The summed E-state index contributed by atoms with van der Waals surface area (Å²) in [7, 11) is 0. The first-order valence-electron chi connectivity index (χ1n) is 1.87. The molecule has 1 aromatic rings. The first-order valence-corrected chi connectivity index (χ1v) is 1.87. The first-order chi connectivity index (χ1) is 3.39. The van der Waals surface area contributed by atoms with Gasteiger partial charge in [0.05, 0.1) is 0 Å². The second-order valence-electron chi connectivity index (χ2n) is 1.09. The van der Waals surface area contributed by atoms with E-state index < -0.39 is 5.82 Å². The fourth-order valence-electron chi connectivity index (χ4n) is 0.306. The van der Waals surface area contributed by atoms with Crippen molar-refractivity contribution in [3.05, 3.63) is 30.3 Å². The molecule has 0 saturated heterocycles. The molecule has 0 spiro atoms. The van der Waals surface area contributed by atoms with Crippen molar-refractivity contribution in [2.24, 2.45) is 0 Å². The molecule has 0 fully saturated rings. The van der Waals surface area contributed by atoms with Crippen molar-refractivity contribution in [1.82, 2.24) is 4.98 Å². The van der Waals surface area contributed by atoms with E-state index in [2.05, 4.69) is 11.1 Å². The number of hydrogen-bond acceptors (Lipinski definition) is 1. The molecule has 0 atom stereocenters. The monoisotopic (exact) mass is 239 g/mol. The van der Waals surface area contributed by atoms with Crippen molar-refractivity contribution < 1.29 is 40.8 Å². The number of halogens is 2. The molecule has 1 aromatic heterocycles. The van der Waals surface area contributed by atoms with E-state index >= 15 is 0 Å². The smallest absolute Gasteiger partial charge is 1.00 e. The third kappa shape index (κ3) is 4.67. The molecule has 0 bridgehead atoms. The van der Waals surface area contributed by atoms with Gasteiger partial charge in [-0.3, -0.25) is 0 Å². The minimum Gasteiger partial charge on any atom is -1.00 e. The second-order valence-corrected chi connectivity index (χ2v) is 1.09. The van der Waals surface area contributed by atoms with Crippen LogP contribution in [-0.2, 0) is 19.5 Å². The minimum absolute atomic E-state index is 0. The van der Waals surface area contributed by atoms with Crippen molar-refractivity contribution in [3.8, 4) is 0 Å². The van der Waals surface area contributed by atoms with E-state index in [1.165, 1.54) is 12.3 Å². The number of aromatic nitrogens is 1. The van der Waals surface area contributed by atoms with Crippen LogP contribution in [0.4, 0.5) is 4.39 Å². The van der Waals surface area contributed by atoms with Crippen LogP contribution in [-0.4, -0.2) is 4.98 Å². The molecular weight excluding hydrogens is 238 g/mol. The second kappa shape index (κ2) is 6.31. The number of hydrogen-bond donors (Lipinski definition) is 0. The number of nitrogens with zero attached hydrogens (tertiary/aromatic N) is 1. The van der Waals surface area contributed by atoms with Crippen LogP contribution < -0.4 is 17.0 Å². The maximum atomic E-state index is 11.8. The molecule has 0 aliphatic heterocycles. The molecule has 4 heteroatoms. The van der Waals surface area contributed by atoms with Gasteiger partial charge in [-0.25, -0.2) is 4.39 Å². The van der Waals surface area contributed by atoms with E-state index in [1.807, 2.05) is 0 Å². The van der Waals surface area contributed by atoms with Crippen LogP contribution in [0.5, 0.6) is 0 Å². The van der Waals surface area contributed by atoms with Gasteiger partial charge in [0, 0.05) is 5.82 Å². The zero-order valence-electron chi connectivity index (χ0n) is 4.64. The fraction of sp³-hybridized carbons (Fsp3) is 0. The van der Waals surface area contributed by atoms with Crippen molar-refractivity contribution >= 4 is 0 Å². The summed E-state index contributed by atoms with van der Waals surface area (Å²) in [6, 6.07) is 3.73. The van der Waals surface area contributed by atoms with Crippen LogP contribution in [0.1, 0.15) is 0 Å². The average Bonchev–Trinajstić information content (AvgIpc) is 1.69. The largest absolute Gasteiger partial charge is 2.00 e. The Balaban J connectivity index is 0. The Morgan fingerprint density at radius 3 is 2.44 bits per heavy atom. The standard InChI is InChI=1S/C5H3FN.BrH.Zn/c6-5-2-1-3-7-4-5;;/h1,3-4H;1H;/q-1;;+2/p-1. The zero-order valence-corrected chi connectivity index (χ0v) is 9.20. The summed E-state index contributed by atoms with van der Waals surface area (Å²) in [6.07, 6.45) is 2.59. The summed E-state index contributed by atoms with van der Waals surface area (Å²) < 4.78 is 11.8. The molecule has 0 aliphatic carbocycles. The van der Waals surface area contributed by atoms with Gasteiger partial charge in [-0.1, -0.05) is 12.4 Å². The Labute approximate surface area is 76.2 Å². The Bertz CT molecular complexity index is 147. The zero-order chi connectivity index (χ0) is 5.11. The molecule has 1 nitrogen and oxygen atoms in total. The van der Waals surface area contributed by atoms with E-state index in [1.54, 1.807) is 0 Å². The summed E-state index contributed by atoms with van der Waals surface area (Å²) >= 11 is 0. The van der Waals surface area contributed by atoms with Gasteiger partial charge in [0.25, 0.3) is 0 Å². The van der Waals surface area contributed by atoms with Crippen LogP contribution in [0.25, 0.3) is 0 Å². The van der Waals surface area contributed by atoms with Crippen molar-refractivity contribution in [3.63, 3.8) is 0 Å². The summed E-state index contributed by atoms with van der Waals surface area (Å²) in [5.41, 5.74) is 0. The quantitative estimate of drug-likeness (QED) is 0.379. The van der Waals surface area contributed by atoms with Gasteiger partial charge in [-0.2, -0.15) is 6.07 Å². The third-order valence-electron chi connectivity index (χ3n) is 0.570. The Morgan fingerprint density at radius 1 is 1.56 bits per heavy atom. The average molecular weight is 241 g/mol. The topological polar surface area (TPSA) is 12.9 Å². The van der Waals surface area contributed by atoms with E-state index in [4.69, 9.17) is 0 Å². The molecule has 1 rings (SSSR count). The third-order valence-corrected chi connectivity index (χ3v) is 0.570. The predicted octanol–water partition coefficient (Wildman–Crippen LogP) is -1.98. The molecule has 9 heavy (non-hydrogen) atoms. The van der Waals surface area contributed by atoms with Gasteiger partial charge < -0.3 is 22.0 Å². The Hall–Kier alpha value is 0.183. The van der Waals surface area contributed by atoms with Gasteiger partial charge in [-0.05, 0) is 0 Å². The van der Waals surface area contributed by atoms with Gasteiger partial charge in [0.2, 0.25) is 0 Å². The summed E-state index contributed by atoms with van der Waals surface area (Å²) in [5.74, 6) is -0.414. The molecule has 0 N–H and O–H groups in total. The molecule has 0 saturated carbocycles. The molecule has 1 heterocycles. The van der Waals surface area contributed by atoms with E-state index in [9.17, 15) is 4.39 Å². The van der Waals surface area contributed by atoms with Crippen molar-refractivity contribution in [2.75, 3.05) is 0 Å². The van der Waals surface area contributed by atoms with Gasteiger partial charge >= 0.3 is 19.5 Å². The molecule has 0 unspecified atom stereocenters. The molecule has 0 aromatic carbocycles. The normalized spacial score (nSPS) is 6.78. The fourth-order valence-corrected chi connectivity index (χ4v) is 0.306. The van der Waals surface area contributed by atoms with Gasteiger partial charge in [0.15, 0.2) is 0 Å². The van der Waals surface area contributed by atoms with Crippen LogP contribution in [0.15, 0.2) is 18.5 Å². The van der Waals surface area contributed by atoms with Crippen molar-refractivity contribution in [1.29, 1.82) is 0 Å². The van der Waals surface area contributed by atoms with Crippen molar-refractivity contribution in [2.45, 2.75) is 0 Å². The van der Waals surface area contributed by atoms with Crippen LogP contribution in [0, 0.1) is 11.9 Å². The molecular formula is C5H3BrFNZn. The molecule has 0 amide bonds. The van der Waals surface area contributed by atoms with E-state index in [0.29, 0.717) is 0 Å². The molecule has 0 radical (unpaired) electrons. The van der Waals surface area contributed by atoms with E-state index in [-0.39, 0.29) is 36.5 Å². The summed E-state index contributed by atoms with van der Waals surface area (Å²) in [4.78, 5) is 3.48. The summed E-state index contributed by atoms with van der Waals surface area (Å²) in [6.45, 7) is 0. The van der Waals surface area contributed by atoms with E-state index in [0.717, 1.165) is 6.20 Å².